The second-order valence-electron chi connectivity index (χ2n) is 16.6. The largest absolute Gasteiger partial charge is 0.504 e. The number of phenols is 1. The fraction of sp³-hybridized carbons (Fsp3) is 0.391. The fourth-order valence-electron chi connectivity index (χ4n) is 7.42. The molecule has 18 heteroatoms. The van der Waals surface area contributed by atoms with Crippen LogP contribution in [0.25, 0.3) is 22.5 Å². The van der Waals surface area contributed by atoms with Crippen LogP contribution in [-0.2, 0) is 31.0 Å². The number of nitrogens with one attached hydrogen (secondary N) is 4. The number of rotatable bonds is 12. The smallest absolute Gasteiger partial charge is 0.255 e. The molecule has 4 bridgehead atoms. The number of nitrogens with two attached hydrogens (primary N) is 2. The van der Waals surface area contributed by atoms with Crippen molar-refractivity contribution in [1.29, 1.82) is 5.26 Å². The zero-order chi connectivity index (χ0) is 47.0. The van der Waals surface area contributed by atoms with Crippen molar-refractivity contribution < 1.29 is 38.2 Å². The number of hydrogen-bond acceptors (Lipinski definition) is 12. The summed E-state index contributed by atoms with van der Waals surface area (Å²) in [5.74, 6) is -5.10. The number of nitrogens with zero attached hydrogens (tertiary/aromatic N) is 4. The van der Waals surface area contributed by atoms with Gasteiger partial charge in [-0.15, -0.1) is 0 Å². The van der Waals surface area contributed by atoms with Gasteiger partial charge in [-0.2, -0.15) is 5.26 Å². The summed E-state index contributed by atoms with van der Waals surface area (Å²) < 4.78 is 21.5. The Bertz CT molecular complexity index is 2440. The lowest BCUT2D eigenvalue weighted by molar-refractivity contribution is -0.141. The second kappa shape index (κ2) is 20.5. The number of likely N-dealkylation sites (N-methyl/N-ethyl adjacent to an activating group) is 1. The number of aryl methyl sites for hydroxylation is 2. The number of aromatic hydroxyl groups is 1. The number of ether oxygens (including phenoxy) is 1. The molecule has 9 N–H and O–H groups in total. The van der Waals surface area contributed by atoms with E-state index in [4.69, 9.17) is 21.5 Å². The SMILES string of the molecule is Cc1nc(-c2ccc(C(C)(C)C)cc2)nc(C)c1C(=O)NC(CCN)C(=O)N(C)[C@@H]1C(=O)N[C@@H](C)C(=O)N[C@H](C(=O)NCC#N)Cc2cc(F)c(O)c(c2)-c2cc1ccc2OCCN. The summed E-state index contributed by atoms with van der Waals surface area (Å²) in [5.41, 5.74) is 14.8. The van der Waals surface area contributed by atoms with Crippen LogP contribution < -0.4 is 37.5 Å². The molecule has 64 heavy (non-hydrogen) atoms. The molecule has 17 nitrogen and oxygen atoms in total. The van der Waals surface area contributed by atoms with E-state index in [9.17, 15) is 29.1 Å². The van der Waals surface area contributed by atoms with Gasteiger partial charge in [-0.3, -0.25) is 24.0 Å². The van der Waals surface area contributed by atoms with Crippen LogP contribution in [0.2, 0.25) is 0 Å². The van der Waals surface area contributed by atoms with Crippen LogP contribution in [0.1, 0.15) is 78.6 Å². The number of phenolic OH excluding ortho intramolecular Hbond substituents is 1. The van der Waals surface area contributed by atoms with E-state index < -0.39 is 65.3 Å². The van der Waals surface area contributed by atoms with Crippen LogP contribution in [0, 0.1) is 31.0 Å². The van der Waals surface area contributed by atoms with Crippen LogP contribution in [0.3, 0.4) is 0 Å². The predicted molar refractivity (Wildman–Crippen MR) is 236 cm³/mol. The molecule has 0 fully saturated rings. The van der Waals surface area contributed by atoms with Crippen LogP contribution in [-0.4, -0.2) is 101 Å². The molecular weight excluding hydrogens is 824 g/mol. The number of amides is 5. The Labute approximate surface area is 371 Å². The highest BCUT2D eigenvalue weighted by atomic mass is 19.1. The van der Waals surface area contributed by atoms with Crippen molar-refractivity contribution in [3.8, 4) is 40.1 Å². The molecule has 338 valence electrons. The van der Waals surface area contributed by atoms with Gasteiger partial charge < -0.3 is 47.5 Å². The highest BCUT2D eigenvalue weighted by Gasteiger charge is 2.36. The number of hydrogen-bond donors (Lipinski definition) is 7. The molecule has 2 heterocycles. The minimum atomic E-state index is -1.52. The first kappa shape index (κ1) is 48.1. The van der Waals surface area contributed by atoms with E-state index in [2.05, 4.69) is 52.0 Å². The lowest BCUT2D eigenvalue weighted by Crippen LogP contribution is -2.56. The zero-order valence-corrected chi connectivity index (χ0v) is 37.0. The normalized spacial score (nSPS) is 16.9. The number of benzene rings is 3. The first-order chi connectivity index (χ1) is 30.3. The monoisotopic (exact) mass is 878 g/mol. The molecule has 0 saturated heterocycles. The second-order valence-corrected chi connectivity index (χ2v) is 16.6. The van der Waals surface area contributed by atoms with Crippen LogP contribution in [0.15, 0.2) is 54.6 Å². The van der Waals surface area contributed by atoms with Crippen molar-refractivity contribution in [3.63, 3.8) is 0 Å². The van der Waals surface area contributed by atoms with Crippen molar-refractivity contribution in [2.75, 3.05) is 33.3 Å². The lowest BCUT2D eigenvalue weighted by Gasteiger charge is -2.32. The van der Waals surface area contributed by atoms with Crippen molar-refractivity contribution >= 4 is 29.5 Å². The number of fused-ring (bicyclic) bond motifs is 5. The standard InChI is InChI=1S/C46H55FN10O7/c1-24-37(25(2)53-40(52-24)28-8-11-30(12-9-28)46(4,5)6)43(61)55-34(14-15-48)45(63)57(7)38-29-10-13-36(64-19-17-50)31(23-29)32-20-27(21-33(47)39(32)58)22-35(42(60)51-18-16-49)56-41(59)26(3)54-44(38)62/h8-13,20-21,23,26,34-35,38,58H,14-15,17-19,22,48,50H2,1-7H3,(H,51,60)(H,54,62)(H,55,61)(H,56,59)/t26-,34?,35-,38-/m0/s1. The van der Waals surface area contributed by atoms with Gasteiger partial charge in [0.15, 0.2) is 17.4 Å². The molecule has 1 aliphatic rings. The predicted octanol–water partition coefficient (Wildman–Crippen LogP) is 2.74. The van der Waals surface area contributed by atoms with E-state index in [1.807, 2.05) is 24.3 Å². The number of nitriles is 1. The molecular formula is C46H55FN10O7. The Balaban J connectivity index is 1.55. The molecule has 0 spiro atoms. The average Bonchev–Trinajstić information content (AvgIpc) is 3.24. The summed E-state index contributed by atoms with van der Waals surface area (Å²) in [6.07, 6.45) is -0.326. The van der Waals surface area contributed by atoms with Gasteiger partial charge in [0.05, 0.1) is 23.0 Å². The molecule has 5 amide bonds. The summed E-state index contributed by atoms with van der Waals surface area (Å²) >= 11 is 0. The van der Waals surface area contributed by atoms with Crippen molar-refractivity contribution in [3.05, 3.63) is 94.1 Å². The third kappa shape index (κ3) is 11.0. The minimum Gasteiger partial charge on any atom is -0.504 e. The molecule has 0 aliphatic carbocycles. The van der Waals surface area contributed by atoms with Gasteiger partial charge in [-0.05, 0) is 80.1 Å². The van der Waals surface area contributed by atoms with Crippen molar-refractivity contribution in [2.24, 2.45) is 11.5 Å². The van der Waals surface area contributed by atoms with Gasteiger partial charge in [-0.1, -0.05) is 51.1 Å². The van der Waals surface area contributed by atoms with Gasteiger partial charge in [-0.25, -0.2) is 14.4 Å². The maximum absolute atomic E-state index is 15.6. The van der Waals surface area contributed by atoms with Gasteiger partial charge in [0, 0.05) is 36.7 Å². The van der Waals surface area contributed by atoms with E-state index in [1.165, 1.54) is 38.2 Å². The molecule has 4 aromatic rings. The first-order valence-electron chi connectivity index (χ1n) is 20.8. The number of aromatic nitrogens is 2. The van der Waals surface area contributed by atoms with Gasteiger partial charge in [0.25, 0.3) is 5.91 Å². The Hall–Kier alpha value is -6.97. The third-order valence-electron chi connectivity index (χ3n) is 10.8. The topological polar surface area (TPSA) is 268 Å². The Morgan fingerprint density at radius 1 is 1.00 bits per heavy atom. The van der Waals surface area contributed by atoms with E-state index >= 15 is 4.39 Å². The van der Waals surface area contributed by atoms with E-state index in [0.717, 1.165) is 22.1 Å². The van der Waals surface area contributed by atoms with E-state index in [1.54, 1.807) is 19.9 Å². The van der Waals surface area contributed by atoms with E-state index in [0.29, 0.717) is 17.2 Å². The van der Waals surface area contributed by atoms with Crippen molar-refractivity contribution in [2.45, 2.75) is 84.0 Å². The summed E-state index contributed by atoms with van der Waals surface area (Å²) in [7, 11) is 1.33. The number of carbonyl (C=O) groups excluding carboxylic acids is 5. The molecule has 0 radical (unpaired) electrons. The maximum Gasteiger partial charge on any atom is 0.255 e. The Morgan fingerprint density at radius 3 is 2.28 bits per heavy atom. The van der Waals surface area contributed by atoms with Crippen LogP contribution >= 0.6 is 0 Å². The summed E-state index contributed by atoms with van der Waals surface area (Å²) in [6.45, 7) is 10.7. The first-order valence-corrected chi connectivity index (χ1v) is 20.8. The van der Waals surface area contributed by atoms with Crippen LogP contribution in [0.4, 0.5) is 4.39 Å². The number of halogens is 1. The van der Waals surface area contributed by atoms with Crippen LogP contribution in [0.5, 0.6) is 11.5 Å². The molecule has 0 saturated carbocycles. The van der Waals surface area contributed by atoms with Gasteiger partial charge in [0.1, 0.15) is 43.1 Å². The summed E-state index contributed by atoms with van der Waals surface area (Å²) in [6, 6.07) is 11.0. The van der Waals surface area contributed by atoms with Gasteiger partial charge >= 0.3 is 0 Å². The lowest BCUT2D eigenvalue weighted by atomic mass is 9.86. The highest BCUT2D eigenvalue weighted by Crippen LogP contribution is 2.41. The highest BCUT2D eigenvalue weighted by molar-refractivity contribution is 6.00. The zero-order valence-electron chi connectivity index (χ0n) is 37.0. The van der Waals surface area contributed by atoms with E-state index in [-0.39, 0.29) is 78.1 Å². The fourth-order valence-corrected chi connectivity index (χ4v) is 7.42. The minimum absolute atomic E-state index is 0.0139. The molecule has 4 atom stereocenters. The Morgan fingerprint density at radius 2 is 1.67 bits per heavy atom. The Kier molecular flexibility index (Phi) is 15.4. The summed E-state index contributed by atoms with van der Waals surface area (Å²) in [4.78, 5) is 80.2. The molecule has 1 unspecified atom stereocenters. The molecule has 1 aliphatic heterocycles. The molecule has 1 aromatic heterocycles. The third-order valence-corrected chi connectivity index (χ3v) is 10.8. The van der Waals surface area contributed by atoms with Crippen molar-refractivity contribution in [1.82, 2.24) is 36.1 Å². The number of carbonyl (C=O) groups is 5. The molecule has 5 rings (SSSR count). The molecule has 3 aromatic carbocycles. The maximum atomic E-state index is 15.6. The quantitative estimate of drug-likeness (QED) is 0.101. The summed E-state index contributed by atoms with van der Waals surface area (Å²) in [5, 5.41) is 30.5. The average molecular weight is 879 g/mol. The van der Waals surface area contributed by atoms with Gasteiger partial charge in [0.2, 0.25) is 23.6 Å².